The van der Waals surface area contributed by atoms with Gasteiger partial charge in [-0.3, -0.25) is 0 Å². The first kappa shape index (κ1) is 16.1. The fraction of sp³-hybridized carbons (Fsp3) is 0.450. The van der Waals surface area contributed by atoms with E-state index in [1.54, 1.807) is 5.01 Å². The molecule has 4 rings (SSSR count). The van der Waals surface area contributed by atoms with E-state index in [0.717, 1.165) is 22.7 Å². The Labute approximate surface area is 149 Å². The number of hydrogen-bond donors (Lipinski definition) is 0. The molecule has 0 amide bonds. The molecule has 5 heteroatoms. The average molecular weight is 335 g/mol. The lowest BCUT2D eigenvalue weighted by molar-refractivity contribution is 0.535. The largest absolute Gasteiger partial charge is 0.251 e. The third kappa shape index (κ3) is 2.41. The summed E-state index contributed by atoms with van der Waals surface area (Å²) in [5, 5.41) is 14.4. The fourth-order valence-corrected chi connectivity index (χ4v) is 3.29. The Morgan fingerprint density at radius 2 is 1.40 bits per heavy atom. The number of hydrogen-bond acceptors (Lipinski definition) is 5. The standard InChI is InChI=1S/C20H25N5/c1-19(2,3)13-8-12-9-14(20(4,5)6)11-16-17(12)15(10-13)21-18-24(7)22-23-25(16)18/h8-11H,1-7H3. The summed E-state index contributed by atoms with van der Waals surface area (Å²) >= 11 is 0. The van der Waals surface area contributed by atoms with Crippen LogP contribution in [0.5, 0.6) is 0 Å². The van der Waals surface area contributed by atoms with E-state index in [1.807, 2.05) is 12.1 Å². The highest BCUT2D eigenvalue weighted by molar-refractivity contribution is 6.14. The van der Waals surface area contributed by atoms with Crippen LogP contribution >= 0.6 is 0 Å². The maximum atomic E-state index is 4.85. The van der Waals surface area contributed by atoms with Gasteiger partial charge in [0.1, 0.15) is 0 Å². The first-order valence-corrected chi connectivity index (χ1v) is 8.72. The lowest BCUT2D eigenvalue weighted by Gasteiger charge is -2.28. The van der Waals surface area contributed by atoms with Gasteiger partial charge in [-0.05, 0) is 49.9 Å². The summed E-state index contributed by atoms with van der Waals surface area (Å²) in [7, 11) is 1.88. The summed E-state index contributed by atoms with van der Waals surface area (Å²) in [6.07, 6.45) is 0. The van der Waals surface area contributed by atoms with E-state index >= 15 is 0 Å². The van der Waals surface area contributed by atoms with E-state index in [-0.39, 0.29) is 10.8 Å². The normalized spacial score (nSPS) is 16.5. The van der Waals surface area contributed by atoms with Crippen molar-refractivity contribution in [3.8, 4) is 0 Å². The van der Waals surface area contributed by atoms with Crippen molar-refractivity contribution in [1.29, 1.82) is 0 Å². The number of aliphatic imine (C=N–C) groups is 1. The van der Waals surface area contributed by atoms with Gasteiger partial charge in [0.05, 0.1) is 11.4 Å². The second-order valence-electron chi connectivity index (χ2n) is 9.01. The molecule has 0 aromatic heterocycles. The van der Waals surface area contributed by atoms with Crippen molar-refractivity contribution >= 4 is 28.1 Å². The quantitative estimate of drug-likeness (QED) is 0.640. The van der Waals surface area contributed by atoms with Crippen LogP contribution in [0.4, 0.5) is 11.4 Å². The van der Waals surface area contributed by atoms with Crippen molar-refractivity contribution in [2.75, 3.05) is 12.1 Å². The highest BCUT2D eigenvalue weighted by atomic mass is 15.8. The molecule has 0 aliphatic carbocycles. The van der Waals surface area contributed by atoms with Crippen LogP contribution in [-0.2, 0) is 10.8 Å². The van der Waals surface area contributed by atoms with Crippen molar-refractivity contribution in [2.24, 2.45) is 15.4 Å². The number of anilines is 1. The van der Waals surface area contributed by atoms with E-state index in [0.29, 0.717) is 0 Å². The number of guanidine groups is 1. The molecule has 2 aromatic carbocycles. The summed E-state index contributed by atoms with van der Waals surface area (Å²) < 4.78 is 0. The summed E-state index contributed by atoms with van der Waals surface area (Å²) in [6, 6.07) is 9.04. The maximum absolute atomic E-state index is 4.85. The second-order valence-corrected chi connectivity index (χ2v) is 9.01. The van der Waals surface area contributed by atoms with Crippen molar-refractivity contribution in [3.05, 3.63) is 35.4 Å². The smallest absolute Gasteiger partial charge is 0.214 e. The van der Waals surface area contributed by atoms with Crippen molar-refractivity contribution in [2.45, 2.75) is 52.4 Å². The number of fused-ring (bicyclic) bond motifs is 2. The SMILES string of the molecule is CN1N=NN2C1=Nc1cc(C(C)(C)C)cc3cc(C(C)(C)C)cc2c13. The Kier molecular flexibility index (Phi) is 3.09. The lowest BCUT2D eigenvalue weighted by Crippen LogP contribution is -2.32. The molecule has 0 saturated heterocycles. The van der Waals surface area contributed by atoms with Crippen LogP contribution in [0.25, 0.3) is 10.8 Å². The van der Waals surface area contributed by atoms with Gasteiger partial charge in [-0.2, -0.15) is 5.01 Å². The molecule has 5 nitrogen and oxygen atoms in total. The molecule has 2 aliphatic heterocycles. The van der Waals surface area contributed by atoms with Crippen LogP contribution in [0.15, 0.2) is 39.7 Å². The van der Waals surface area contributed by atoms with Gasteiger partial charge in [0.25, 0.3) is 5.96 Å². The topological polar surface area (TPSA) is 43.6 Å². The minimum atomic E-state index is 0.0557. The molecule has 2 heterocycles. The van der Waals surface area contributed by atoms with E-state index < -0.39 is 0 Å². The van der Waals surface area contributed by atoms with Gasteiger partial charge in [-0.15, -0.1) is 0 Å². The zero-order valence-corrected chi connectivity index (χ0v) is 16.0. The summed E-state index contributed by atoms with van der Waals surface area (Å²) in [5.74, 6) is 0.755. The second kappa shape index (κ2) is 4.81. The van der Waals surface area contributed by atoms with E-state index in [9.17, 15) is 0 Å². The van der Waals surface area contributed by atoms with Crippen molar-refractivity contribution in [3.63, 3.8) is 0 Å². The molecule has 0 fully saturated rings. The van der Waals surface area contributed by atoms with Crippen LogP contribution in [0.3, 0.4) is 0 Å². The number of nitrogens with zero attached hydrogens (tertiary/aromatic N) is 5. The Balaban J connectivity index is 2.09. The zero-order chi connectivity index (χ0) is 18.1. The summed E-state index contributed by atoms with van der Waals surface area (Å²) in [5.41, 5.74) is 4.77. The molecule has 0 atom stereocenters. The molecule has 130 valence electrons. The van der Waals surface area contributed by atoms with Gasteiger partial charge in [-0.25, -0.2) is 10.0 Å². The Morgan fingerprint density at radius 3 is 2.00 bits per heavy atom. The zero-order valence-electron chi connectivity index (χ0n) is 16.0. The first-order chi connectivity index (χ1) is 11.6. The van der Waals surface area contributed by atoms with Crippen LogP contribution in [0.1, 0.15) is 52.7 Å². The summed E-state index contributed by atoms with van der Waals surface area (Å²) in [4.78, 5) is 4.85. The number of benzene rings is 2. The predicted molar refractivity (Wildman–Crippen MR) is 104 cm³/mol. The third-order valence-corrected chi connectivity index (χ3v) is 4.93. The third-order valence-electron chi connectivity index (χ3n) is 4.93. The highest BCUT2D eigenvalue weighted by Crippen LogP contribution is 2.45. The molecule has 2 aliphatic rings. The molecule has 0 radical (unpaired) electrons. The number of rotatable bonds is 0. The maximum Gasteiger partial charge on any atom is 0.251 e. The first-order valence-electron chi connectivity index (χ1n) is 8.72. The monoisotopic (exact) mass is 335 g/mol. The van der Waals surface area contributed by atoms with Gasteiger partial charge in [0.15, 0.2) is 0 Å². The fourth-order valence-electron chi connectivity index (χ4n) is 3.29. The molecular formula is C20H25N5. The minimum Gasteiger partial charge on any atom is -0.214 e. The molecule has 2 aromatic rings. The van der Waals surface area contributed by atoms with Gasteiger partial charge < -0.3 is 0 Å². The Bertz CT molecular complexity index is 936. The molecule has 0 N–H and O–H groups in total. The van der Waals surface area contributed by atoms with Gasteiger partial charge >= 0.3 is 0 Å². The van der Waals surface area contributed by atoms with E-state index in [2.05, 4.69) is 76.3 Å². The predicted octanol–water partition coefficient (Wildman–Crippen LogP) is 5.47. The molecule has 0 spiro atoms. The van der Waals surface area contributed by atoms with Crippen molar-refractivity contribution < 1.29 is 0 Å². The molecule has 0 bridgehead atoms. The van der Waals surface area contributed by atoms with Crippen molar-refractivity contribution in [1.82, 2.24) is 5.01 Å². The van der Waals surface area contributed by atoms with Crippen LogP contribution in [-0.4, -0.2) is 18.0 Å². The Morgan fingerprint density at radius 1 is 0.800 bits per heavy atom. The molecular weight excluding hydrogens is 310 g/mol. The van der Waals surface area contributed by atoms with Gasteiger partial charge in [0, 0.05) is 12.4 Å². The molecule has 0 unspecified atom stereocenters. The summed E-state index contributed by atoms with van der Waals surface area (Å²) in [6.45, 7) is 13.4. The van der Waals surface area contributed by atoms with E-state index in [4.69, 9.17) is 4.99 Å². The lowest BCUT2D eigenvalue weighted by atomic mass is 9.82. The molecule has 25 heavy (non-hydrogen) atoms. The molecule has 0 saturated carbocycles. The highest BCUT2D eigenvalue weighted by Gasteiger charge is 2.32. The van der Waals surface area contributed by atoms with Gasteiger partial charge in [-0.1, -0.05) is 53.7 Å². The van der Waals surface area contributed by atoms with Crippen LogP contribution in [0.2, 0.25) is 0 Å². The average Bonchev–Trinajstić information content (AvgIpc) is 2.86. The van der Waals surface area contributed by atoms with Crippen LogP contribution < -0.4 is 5.01 Å². The minimum absolute atomic E-state index is 0.0557. The van der Waals surface area contributed by atoms with Gasteiger partial charge in [0.2, 0.25) is 0 Å². The van der Waals surface area contributed by atoms with Crippen LogP contribution in [0, 0.1) is 0 Å². The van der Waals surface area contributed by atoms with E-state index in [1.165, 1.54) is 16.5 Å². The Hall–Kier alpha value is -2.43.